The van der Waals surface area contributed by atoms with Crippen molar-refractivity contribution in [2.24, 2.45) is 0 Å². The number of hydrogen-bond acceptors (Lipinski definition) is 5. The van der Waals surface area contributed by atoms with Crippen LogP contribution in [-0.2, 0) is 15.1 Å². The minimum atomic E-state index is -4.46. The first kappa shape index (κ1) is 15.2. The summed E-state index contributed by atoms with van der Waals surface area (Å²) in [6.07, 6.45) is 0.518. The third kappa shape index (κ3) is 3.13. The number of benzene rings is 1. The third-order valence-corrected chi connectivity index (χ3v) is 3.98. The largest absolute Gasteiger partial charge is 0.414 e. The lowest BCUT2D eigenvalue weighted by molar-refractivity contribution is -0.125. The predicted octanol–water partition coefficient (Wildman–Crippen LogP) is 1.12. The molecule has 0 aromatic heterocycles. The Morgan fingerprint density at radius 1 is 1.24 bits per heavy atom. The van der Waals surface area contributed by atoms with Crippen LogP contribution in [0.5, 0.6) is 5.75 Å². The molecule has 0 atom stereocenters. The second-order valence-corrected chi connectivity index (χ2v) is 5.79. The van der Waals surface area contributed by atoms with Gasteiger partial charge in [-0.1, -0.05) is 6.92 Å². The highest BCUT2D eigenvalue weighted by atomic mass is 32.2. The minimum Gasteiger partial charge on any atom is -0.367 e. The lowest BCUT2D eigenvalue weighted by Gasteiger charge is -2.16. The minimum absolute atomic E-state index is 0.139. The summed E-state index contributed by atoms with van der Waals surface area (Å²) in [5.41, 5.74) is 0. The molecule has 2 rings (SSSR count). The third-order valence-electron chi connectivity index (χ3n) is 2.76. The van der Waals surface area contributed by atoms with E-state index in [2.05, 4.69) is 0 Å². The molecule has 0 unspecified atom stereocenters. The summed E-state index contributed by atoms with van der Waals surface area (Å²) < 4.78 is 41.8. The topological polar surface area (TPSA) is 84.0 Å². The fraction of sp³-hybridized carbons (Fsp3) is 0.333. The summed E-state index contributed by atoms with van der Waals surface area (Å²) in [5, 5.41) is 0. The Labute approximate surface area is 121 Å². The highest BCUT2D eigenvalue weighted by Crippen LogP contribution is 2.20. The van der Waals surface area contributed by atoms with Crippen LogP contribution in [0, 0.1) is 5.82 Å². The summed E-state index contributed by atoms with van der Waals surface area (Å²) in [6.45, 7) is 1.30. The number of imide groups is 1. The molecule has 1 fully saturated rings. The maximum atomic E-state index is 12.7. The Morgan fingerprint density at radius 2 is 1.86 bits per heavy atom. The first-order chi connectivity index (χ1) is 9.85. The average Bonchev–Trinajstić information content (AvgIpc) is 2.70. The molecule has 0 spiro atoms. The van der Waals surface area contributed by atoms with E-state index in [0.29, 0.717) is 10.7 Å². The predicted molar refractivity (Wildman–Crippen MR) is 70.1 cm³/mol. The molecular weight excluding hydrogens is 303 g/mol. The lowest BCUT2D eigenvalue weighted by Crippen LogP contribution is -2.39. The van der Waals surface area contributed by atoms with Crippen LogP contribution in [0.25, 0.3) is 0 Å². The van der Waals surface area contributed by atoms with Gasteiger partial charge in [-0.05, 0) is 30.7 Å². The molecule has 7 nitrogen and oxygen atoms in total. The molecule has 1 aromatic carbocycles. The van der Waals surface area contributed by atoms with Gasteiger partial charge in [0.25, 0.3) is 5.91 Å². The summed E-state index contributed by atoms with van der Waals surface area (Å²) in [7, 11) is -4.46. The monoisotopic (exact) mass is 316 g/mol. The van der Waals surface area contributed by atoms with Gasteiger partial charge < -0.3 is 4.18 Å². The molecule has 0 N–H and O–H groups in total. The van der Waals surface area contributed by atoms with E-state index < -0.39 is 34.6 Å². The molecule has 0 radical (unpaired) electrons. The number of halogens is 1. The van der Waals surface area contributed by atoms with Gasteiger partial charge >= 0.3 is 16.3 Å². The SMILES string of the molecule is CCCN1C(=O)CN(S(=O)(=O)Oc2ccc(F)cc2)C1=O. The Balaban J connectivity index is 2.18. The number of nitrogens with zero attached hydrogens (tertiary/aromatic N) is 2. The molecular formula is C12H13FN2O5S. The second kappa shape index (κ2) is 5.68. The number of hydrogen-bond donors (Lipinski definition) is 0. The zero-order valence-electron chi connectivity index (χ0n) is 11.2. The van der Waals surface area contributed by atoms with Crippen LogP contribution in [-0.4, -0.2) is 42.7 Å². The number of carbonyl (C=O) groups excluding carboxylic acids is 2. The molecule has 0 aliphatic carbocycles. The van der Waals surface area contributed by atoms with Crippen LogP contribution < -0.4 is 4.18 Å². The van der Waals surface area contributed by atoms with Crippen LogP contribution in [0.1, 0.15) is 13.3 Å². The van der Waals surface area contributed by atoms with Gasteiger partial charge in [-0.15, -0.1) is 0 Å². The van der Waals surface area contributed by atoms with Crippen LogP contribution in [0.2, 0.25) is 0 Å². The highest BCUT2D eigenvalue weighted by molar-refractivity contribution is 7.85. The van der Waals surface area contributed by atoms with E-state index in [1.165, 1.54) is 0 Å². The Morgan fingerprint density at radius 3 is 2.43 bits per heavy atom. The maximum absolute atomic E-state index is 12.7. The van der Waals surface area contributed by atoms with E-state index in [1.54, 1.807) is 6.92 Å². The number of rotatable bonds is 5. The summed E-state index contributed by atoms with van der Waals surface area (Å²) >= 11 is 0. The van der Waals surface area contributed by atoms with Gasteiger partial charge in [-0.3, -0.25) is 9.69 Å². The van der Waals surface area contributed by atoms with Crippen molar-refractivity contribution >= 4 is 22.2 Å². The highest BCUT2D eigenvalue weighted by Gasteiger charge is 2.43. The molecule has 1 saturated heterocycles. The summed E-state index contributed by atoms with van der Waals surface area (Å²) in [5.74, 6) is -1.31. The van der Waals surface area contributed by atoms with E-state index >= 15 is 0 Å². The molecule has 3 amide bonds. The molecule has 21 heavy (non-hydrogen) atoms. The van der Waals surface area contributed by atoms with E-state index in [9.17, 15) is 22.4 Å². The van der Waals surface area contributed by atoms with E-state index in [4.69, 9.17) is 4.18 Å². The second-order valence-electron chi connectivity index (χ2n) is 4.33. The zero-order valence-corrected chi connectivity index (χ0v) is 12.0. The molecule has 1 aromatic rings. The van der Waals surface area contributed by atoms with Gasteiger partial charge in [0, 0.05) is 6.54 Å². The fourth-order valence-electron chi connectivity index (χ4n) is 1.79. The zero-order chi connectivity index (χ0) is 15.6. The van der Waals surface area contributed by atoms with Gasteiger partial charge in [0.15, 0.2) is 0 Å². The normalized spacial score (nSPS) is 15.7. The van der Waals surface area contributed by atoms with Crippen LogP contribution >= 0.6 is 0 Å². The Hall–Kier alpha value is -2.16. The number of amides is 3. The maximum Gasteiger partial charge on any atom is 0.414 e. The van der Waals surface area contributed by atoms with E-state index in [1.807, 2.05) is 0 Å². The Bertz CT molecular complexity index is 659. The lowest BCUT2D eigenvalue weighted by atomic mass is 10.3. The summed E-state index contributed by atoms with van der Waals surface area (Å²) in [6, 6.07) is 3.32. The van der Waals surface area contributed by atoms with Crippen molar-refractivity contribution in [3.05, 3.63) is 30.1 Å². The fourth-order valence-corrected chi connectivity index (χ4v) is 2.80. The van der Waals surface area contributed by atoms with Gasteiger partial charge in [-0.25, -0.2) is 9.18 Å². The first-order valence-electron chi connectivity index (χ1n) is 6.17. The number of carbonyl (C=O) groups is 2. The van der Waals surface area contributed by atoms with Gasteiger partial charge in [0.1, 0.15) is 18.1 Å². The van der Waals surface area contributed by atoms with Crippen molar-refractivity contribution < 1.29 is 26.6 Å². The molecule has 0 bridgehead atoms. The first-order valence-corrected chi connectivity index (χ1v) is 7.53. The summed E-state index contributed by atoms with van der Waals surface area (Å²) in [4.78, 5) is 24.4. The average molecular weight is 316 g/mol. The molecule has 1 aliphatic heterocycles. The molecule has 114 valence electrons. The van der Waals surface area contributed by atoms with Crippen molar-refractivity contribution in [2.45, 2.75) is 13.3 Å². The van der Waals surface area contributed by atoms with E-state index in [-0.39, 0.29) is 12.3 Å². The molecule has 9 heteroatoms. The van der Waals surface area contributed by atoms with Crippen molar-refractivity contribution in [3.8, 4) is 5.75 Å². The molecule has 0 saturated carbocycles. The molecule has 1 heterocycles. The van der Waals surface area contributed by atoms with E-state index in [0.717, 1.165) is 29.2 Å². The van der Waals surface area contributed by atoms with Crippen molar-refractivity contribution in [1.82, 2.24) is 9.21 Å². The number of urea groups is 1. The van der Waals surface area contributed by atoms with Crippen molar-refractivity contribution in [3.63, 3.8) is 0 Å². The van der Waals surface area contributed by atoms with Crippen molar-refractivity contribution in [1.29, 1.82) is 0 Å². The smallest absolute Gasteiger partial charge is 0.367 e. The van der Waals surface area contributed by atoms with Crippen LogP contribution in [0.15, 0.2) is 24.3 Å². The standard InChI is InChI=1S/C12H13FN2O5S/c1-2-7-14-11(16)8-15(12(14)17)21(18,19)20-10-5-3-9(13)4-6-10/h3-6H,2,7-8H2,1H3. The van der Waals surface area contributed by atoms with Crippen molar-refractivity contribution in [2.75, 3.05) is 13.1 Å². The molecule has 1 aliphatic rings. The van der Waals surface area contributed by atoms with Crippen LogP contribution in [0.4, 0.5) is 9.18 Å². The van der Waals surface area contributed by atoms with Gasteiger partial charge in [0.2, 0.25) is 0 Å². The van der Waals surface area contributed by atoms with Gasteiger partial charge in [-0.2, -0.15) is 12.7 Å². The quantitative estimate of drug-likeness (QED) is 0.760. The Kier molecular flexibility index (Phi) is 4.12. The van der Waals surface area contributed by atoms with Crippen LogP contribution in [0.3, 0.4) is 0 Å². The van der Waals surface area contributed by atoms with Gasteiger partial charge in [0.05, 0.1) is 0 Å².